The first-order chi connectivity index (χ1) is 15.2. The predicted octanol–water partition coefficient (Wildman–Crippen LogP) is 5.78. The third-order valence-corrected chi connectivity index (χ3v) is 15.8. The van der Waals surface area contributed by atoms with Gasteiger partial charge < -0.3 is 0 Å². The Balaban J connectivity index is 1.78. The van der Waals surface area contributed by atoms with E-state index in [1.54, 1.807) is 0 Å². The molecule has 4 heteroatoms. The van der Waals surface area contributed by atoms with Crippen molar-refractivity contribution in [2.24, 2.45) is 0 Å². The van der Waals surface area contributed by atoms with E-state index in [9.17, 15) is 0 Å². The predicted molar refractivity (Wildman–Crippen MR) is 139 cm³/mol. The quantitative estimate of drug-likeness (QED) is 0.360. The number of fused-ring (bicyclic) bond motifs is 1. The number of aromatic nitrogens is 1. The van der Waals surface area contributed by atoms with Crippen LogP contribution in [0.5, 0.6) is 0 Å². The molecular weight excluding hydrogens is 463 g/mol. The Morgan fingerprint density at radius 1 is 0.710 bits per heavy atom. The van der Waals surface area contributed by atoms with Gasteiger partial charge in [-0.05, 0) is 0 Å². The molecule has 1 aromatic heterocycles. The molecule has 156 valence electrons. The van der Waals surface area contributed by atoms with Crippen LogP contribution in [-0.2, 0) is 12.6 Å². The van der Waals surface area contributed by atoms with Crippen LogP contribution in [0.1, 0.15) is 17.7 Å². The number of nitrogens with zero attached hydrogens (tertiary/aromatic N) is 1. The molecule has 2 heterocycles. The first-order valence-electron chi connectivity index (χ1n) is 10.8. The van der Waals surface area contributed by atoms with Crippen molar-refractivity contribution in [2.45, 2.75) is 19.0 Å². The van der Waals surface area contributed by atoms with E-state index in [0.29, 0.717) is 0 Å². The van der Waals surface area contributed by atoms with E-state index in [4.69, 9.17) is 4.98 Å². The maximum atomic E-state index is 5.11. The van der Waals surface area contributed by atoms with Gasteiger partial charge in [0.1, 0.15) is 0 Å². The summed E-state index contributed by atoms with van der Waals surface area (Å²) in [4.78, 5) is 5.11. The minimum atomic E-state index is -3.01. The topological polar surface area (TPSA) is 24.9 Å². The summed E-state index contributed by atoms with van der Waals surface area (Å²) in [5, 5.41) is 4.46. The van der Waals surface area contributed by atoms with Gasteiger partial charge >= 0.3 is 193 Å². The van der Waals surface area contributed by atoms with E-state index in [1.165, 1.54) is 27.9 Å². The summed E-state index contributed by atoms with van der Waals surface area (Å²) in [6.07, 6.45) is 3.09. The molecule has 1 aliphatic heterocycles. The monoisotopic (exact) mass is 488 g/mol. The van der Waals surface area contributed by atoms with Crippen molar-refractivity contribution >= 4 is 42.5 Å². The van der Waals surface area contributed by atoms with Crippen LogP contribution < -0.4 is 21.2 Å². The number of pyridine rings is 1. The third-order valence-electron chi connectivity index (χ3n) is 6.29. The number of hydrogen-bond donors (Lipinski definition) is 1. The second kappa shape index (κ2) is 8.22. The van der Waals surface area contributed by atoms with Crippen LogP contribution in [-0.4, -0.2) is 11.5 Å². The molecule has 0 saturated heterocycles. The zero-order valence-corrected chi connectivity index (χ0v) is 19.9. The van der Waals surface area contributed by atoms with Gasteiger partial charge in [0.05, 0.1) is 0 Å². The van der Waals surface area contributed by atoms with E-state index >= 15 is 0 Å². The molecule has 0 atom stereocenters. The number of rotatable bonds is 5. The minimum absolute atomic E-state index is 0.818. The molecular formula is C27H26BrN2P. The fraction of sp³-hybridized carbons (Fsp3) is 0.148. The van der Waals surface area contributed by atoms with Crippen molar-refractivity contribution in [3.63, 3.8) is 0 Å². The van der Waals surface area contributed by atoms with Crippen molar-refractivity contribution < 1.29 is 0 Å². The molecule has 4 aromatic rings. The molecule has 0 unspecified atom stereocenters. The van der Waals surface area contributed by atoms with E-state index in [2.05, 4.69) is 124 Å². The summed E-state index contributed by atoms with van der Waals surface area (Å²) < 4.78 is 0. The van der Waals surface area contributed by atoms with Crippen molar-refractivity contribution in [1.29, 1.82) is 0 Å². The van der Waals surface area contributed by atoms with Gasteiger partial charge in [-0.1, -0.05) is 0 Å². The molecule has 1 N–H and O–H groups in total. The number of benzene rings is 3. The van der Waals surface area contributed by atoms with Crippen LogP contribution in [0.25, 0.3) is 0 Å². The molecule has 5 rings (SSSR count). The zero-order chi connectivity index (χ0) is 21.2. The third kappa shape index (κ3) is 3.50. The number of anilines is 1. The van der Waals surface area contributed by atoms with Gasteiger partial charge in [-0.25, -0.2) is 0 Å². The Morgan fingerprint density at radius 2 is 1.23 bits per heavy atom. The van der Waals surface area contributed by atoms with Gasteiger partial charge in [-0.2, -0.15) is 0 Å². The van der Waals surface area contributed by atoms with Gasteiger partial charge in [0.25, 0.3) is 0 Å². The summed E-state index contributed by atoms with van der Waals surface area (Å²) >= 11 is 4.52. The van der Waals surface area contributed by atoms with Gasteiger partial charge in [0.15, 0.2) is 0 Å². The molecule has 1 aliphatic rings. The Bertz CT molecular complexity index is 1080. The summed E-state index contributed by atoms with van der Waals surface area (Å²) in [5.74, 6) is 1.05. The first kappa shape index (κ1) is 20.4. The summed E-state index contributed by atoms with van der Waals surface area (Å²) in [6, 6.07) is 37.2. The Kier molecular flexibility index (Phi) is 5.42. The molecule has 0 aliphatic carbocycles. The van der Waals surface area contributed by atoms with E-state index in [1.807, 2.05) is 0 Å². The van der Waals surface area contributed by atoms with Crippen molar-refractivity contribution in [1.82, 2.24) is 4.98 Å². The van der Waals surface area contributed by atoms with E-state index in [-0.39, 0.29) is 0 Å². The van der Waals surface area contributed by atoms with Crippen LogP contribution in [0, 0.1) is 0 Å². The molecule has 0 bridgehead atoms. The molecule has 3 aromatic carbocycles. The molecule has 0 spiro atoms. The maximum absolute atomic E-state index is 5.11. The van der Waals surface area contributed by atoms with Gasteiger partial charge in [0.2, 0.25) is 0 Å². The summed E-state index contributed by atoms with van der Waals surface area (Å²) in [7, 11) is 0. The zero-order valence-electron chi connectivity index (χ0n) is 17.4. The van der Waals surface area contributed by atoms with Crippen LogP contribution in [0.4, 0.5) is 5.82 Å². The number of hydrogen-bond acceptors (Lipinski definition) is 2. The van der Waals surface area contributed by atoms with Gasteiger partial charge in [-0.3, -0.25) is 0 Å². The second-order valence-corrected chi connectivity index (χ2v) is 17.1. The van der Waals surface area contributed by atoms with E-state index in [0.717, 1.165) is 30.6 Å². The van der Waals surface area contributed by atoms with Crippen LogP contribution >= 0.6 is 20.8 Å². The SMILES string of the molecule is BrP(Cc1ccc2c(n1)NCCC2)(c1ccccc1)(c1ccccc1)c1ccccc1. The molecule has 0 radical (unpaired) electrons. The number of nitrogens with one attached hydrogen (secondary N) is 1. The average Bonchev–Trinajstić information content (AvgIpc) is 2.86. The van der Waals surface area contributed by atoms with Gasteiger partial charge in [-0.15, -0.1) is 0 Å². The average molecular weight is 489 g/mol. The number of aryl methyl sites for hydroxylation is 1. The van der Waals surface area contributed by atoms with Crippen LogP contribution in [0.3, 0.4) is 0 Å². The summed E-state index contributed by atoms with van der Waals surface area (Å²) in [5.41, 5.74) is 2.43. The molecule has 0 saturated carbocycles. The molecule has 31 heavy (non-hydrogen) atoms. The van der Waals surface area contributed by atoms with Crippen molar-refractivity contribution in [2.75, 3.05) is 11.9 Å². The number of halogens is 1. The summed E-state index contributed by atoms with van der Waals surface area (Å²) in [6.45, 7) is 0.997. The fourth-order valence-corrected chi connectivity index (χ4v) is 12.2. The van der Waals surface area contributed by atoms with Crippen molar-refractivity contribution in [3.05, 3.63) is 114 Å². The first-order valence-corrected chi connectivity index (χ1v) is 15.2. The Hall–Kier alpha value is -2.48. The standard InChI is InChI=1S/C27H26BrN2P/c28-31(24-12-4-1-5-13-24,25-14-6-2-7-15-25,26-16-8-3-9-17-26)21-23-19-18-22-11-10-20-29-27(22)30-23/h1-9,12-19H,10-11,20-21H2,(H,29,30). The molecule has 0 amide bonds. The second-order valence-electron chi connectivity index (χ2n) is 8.19. The fourth-order valence-electron chi connectivity index (χ4n) is 4.70. The van der Waals surface area contributed by atoms with E-state index < -0.39 is 5.31 Å². The van der Waals surface area contributed by atoms with Crippen LogP contribution in [0.2, 0.25) is 0 Å². The Morgan fingerprint density at radius 3 is 1.74 bits per heavy atom. The molecule has 2 nitrogen and oxygen atoms in total. The van der Waals surface area contributed by atoms with Gasteiger partial charge in [0, 0.05) is 0 Å². The molecule has 0 fully saturated rings. The van der Waals surface area contributed by atoms with Crippen LogP contribution in [0.15, 0.2) is 103 Å². The normalized spacial score (nSPS) is 14.7. The Labute approximate surface area is 192 Å². The van der Waals surface area contributed by atoms with Crippen molar-refractivity contribution in [3.8, 4) is 0 Å².